The highest BCUT2D eigenvalue weighted by atomic mass is 35.5. The third-order valence-corrected chi connectivity index (χ3v) is 5.18. The van der Waals surface area contributed by atoms with Gasteiger partial charge in [-0.05, 0) is 17.7 Å². The van der Waals surface area contributed by atoms with Crippen LogP contribution in [-0.4, -0.2) is 43.4 Å². The van der Waals surface area contributed by atoms with Crippen LogP contribution in [0.4, 0.5) is 18.9 Å². The quantitative estimate of drug-likeness (QED) is 0.601. The monoisotopic (exact) mass is 449 g/mol. The van der Waals surface area contributed by atoms with Crippen LogP contribution in [0.15, 0.2) is 54.6 Å². The highest BCUT2D eigenvalue weighted by molar-refractivity contribution is 5.85. The van der Waals surface area contributed by atoms with E-state index in [1.54, 1.807) is 6.07 Å². The highest BCUT2D eigenvalue weighted by Crippen LogP contribution is 2.40. The van der Waals surface area contributed by atoms with Gasteiger partial charge < -0.3 is 0 Å². The standard InChI is InChI=1S/C21H24F3N2O.2ClH/c1-17(27)16-26(20-10-6-5-9-19(20)21(22,23)24)13-11-25(12-14-26)15-18-7-3-2-4-8-18;;/h2-10H,11-16H2,1H3;2*1H/q+1;;. The van der Waals surface area contributed by atoms with E-state index in [1.165, 1.54) is 24.6 Å². The zero-order valence-corrected chi connectivity index (χ0v) is 17.8. The fourth-order valence-electron chi connectivity index (χ4n) is 3.93. The fourth-order valence-corrected chi connectivity index (χ4v) is 3.93. The zero-order valence-electron chi connectivity index (χ0n) is 16.2. The molecule has 0 radical (unpaired) electrons. The molecule has 1 heterocycles. The van der Waals surface area contributed by atoms with E-state index in [-0.39, 0.29) is 47.3 Å². The van der Waals surface area contributed by atoms with Gasteiger partial charge in [-0.15, -0.1) is 24.8 Å². The van der Waals surface area contributed by atoms with Crippen LogP contribution in [0.1, 0.15) is 18.1 Å². The molecule has 0 saturated carbocycles. The van der Waals surface area contributed by atoms with Gasteiger partial charge in [-0.25, -0.2) is 0 Å². The smallest absolute Gasteiger partial charge is 0.294 e. The molecule has 1 aliphatic rings. The lowest BCUT2D eigenvalue weighted by atomic mass is 10.1. The molecule has 0 spiro atoms. The van der Waals surface area contributed by atoms with Crippen molar-refractivity contribution < 1.29 is 18.0 Å². The van der Waals surface area contributed by atoms with Gasteiger partial charge >= 0.3 is 6.18 Å². The van der Waals surface area contributed by atoms with Gasteiger partial charge in [0.15, 0.2) is 5.78 Å². The fraction of sp³-hybridized carbons (Fsp3) is 0.381. The van der Waals surface area contributed by atoms with Crippen molar-refractivity contribution >= 4 is 36.3 Å². The third kappa shape index (κ3) is 6.19. The van der Waals surface area contributed by atoms with Crippen molar-refractivity contribution in [2.24, 2.45) is 0 Å². The number of carbonyl (C=O) groups is 1. The van der Waals surface area contributed by atoms with E-state index in [9.17, 15) is 18.0 Å². The van der Waals surface area contributed by atoms with Crippen LogP contribution >= 0.6 is 24.8 Å². The second-order valence-corrected chi connectivity index (χ2v) is 7.23. The first-order valence-corrected chi connectivity index (χ1v) is 9.09. The highest BCUT2D eigenvalue weighted by Gasteiger charge is 2.44. The largest absolute Gasteiger partial charge is 0.422 e. The Balaban J connectivity index is 0.00000210. The average Bonchev–Trinajstić information content (AvgIpc) is 2.63. The summed E-state index contributed by atoms with van der Waals surface area (Å²) in [6.45, 7) is 4.57. The SMILES string of the molecule is CC(=O)C[N+]1(c2ccccc2C(F)(F)F)CCN(Cc2ccccc2)CC1.Cl.Cl. The molecule has 3 rings (SSSR count). The molecule has 0 amide bonds. The van der Waals surface area contributed by atoms with E-state index in [1.807, 2.05) is 30.3 Å². The first-order valence-electron chi connectivity index (χ1n) is 9.09. The molecule has 8 heteroatoms. The van der Waals surface area contributed by atoms with Crippen LogP contribution < -0.4 is 4.48 Å². The number of ketones is 1. The van der Waals surface area contributed by atoms with Crippen molar-refractivity contribution in [2.75, 3.05) is 32.7 Å². The molecule has 0 aromatic heterocycles. The van der Waals surface area contributed by atoms with E-state index in [2.05, 4.69) is 4.90 Å². The number of Topliss-reactive ketones (excluding diaryl/α,β-unsaturated/α-hetero) is 1. The van der Waals surface area contributed by atoms with Crippen molar-refractivity contribution in [3.05, 3.63) is 65.7 Å². The number of carbonyl (C=O) groups excluding carboxylic acids is 1. The second-order valence-electron chi connectivity index (χ2n) is 7.23. The maximum Gasteiger partial charge on any atom is 0.422 e. The van der Waals surface area contributed by atoms with Crippen molar-refractivity contribution in [1.82, 2.24) is 9.38 Å². The van der Waals surface area contributed by atoms with Gasteiger partial charge in [-0.3, -0.25) is 14.2 Å². The number of benzene rings is 2. The van der Waals surface area contributed by atoms with Crippen LogP contribution in [0.3, 0.4) is 0 Å². The minimum Gasteiger partial charge on any atom is -0.294 e. The number of hydrogen-bond acceptors (Lipinski definition) is 2. The minimum absolute atomic E-state index is 0. The summed E-state index contributed by atoms with van der Waals surface area (Å²) in [5, 5.41) is 0. The molecule has 0 atom stereocenters. The summed E-state index contributed by atoms with van der Waals surface area (Å²) in [7, 11) is 0. The molecular weight excluding hydrogens is 424 g/mol. The number of rotatable bonds is 5. The predicted molar refractivity (Wildman–Crippen MR) is 115 cm³/mol. The van der Waals surface area contributed by atoms with E-state index in [0.717, 1.165) is 12.6 Å². The normalized spacial score (nSPS) is 16.4. The molecule has 0 aliphatic carbocycles. The molecule has 2 aromatic carbocycles. The van der Waals surface area contributed by atoms with Gasteiger partial charge in [0.05, 0.1) is 13.1 Å². The topological polar surface area (TPSA) is 20.3 Å². The van der Waals surface area contributed by atoms with Gasteiger partial charge in [0.2, 0.25) is 0 Å². The molecule has 29 heavy (non-hydrogen) atoms. The Bertz CT molecular complexity index is 792. The zero-order chi connectivity index (χ0) is 19.5. The Hall–Kier alpha value is -1.60. The van der Waals surface area contributed by atoms with Gasteiger partial charge in [-0.2, -0.15) is 13.2 Å². The van der Waals surface area contributed by atoms with Crippen LogP contribution in [0, 0.1) is 0 Å². The summed E-state index contributed by atoms with van der Waals surface area (Å²) in [6, 6.07) is 15.7. The number of alkyl halides is 3. The van der Waals surface area contributed by atoms with E-state index in [0.29, 0.717) is 26.2 Å². The van der Waals surface area contributed by atoms with Crippen LogP contribution in [0.5, 0.6) is 0 Å². The Morgan fingerprint density at radius 3 is 2.07 bits per heavy atom. The number of hydrogen-bond donors (Lipinski definition) is 0. The molecule has 1 aliphatic heterocycles. The molecule has 3 nitrogen and oxygen atoms in total. The molecule has 2 aromatic rings. The van der Waals surface area contributed by atoms with Gasteiger partial charge in [0.1, 0.15) is 17.8 Å². The first kappa shape index (κ1) is 25.4. The molecule has 0 unspecified atom stereocenters. The summed E-state index contributed by atoms with van der Waals surface area (Å²) in [5.41, 5.74) is 0.752. The maximum absolute atomic E-state index is 13.6. The molecule has 0 N–H and O–H groups in total. The van der Waals surface area contributed by atoms with E-state index in [4.69, 9.17) is 0 Å². The van der Waals surface area contributed by atoms with E-state index < -0.39 is 11.7 Å². The van der Waals surface area contributed by atoms with Crippen LogP contribution in [-0.2, 0) is 17.5 Å². The van der Waals surface area contributed by atoms with Gasteiger partial charge in [0, 0.05) is 26.6 Å². The second kappa shape index (κ2) is 10.4. The number of piperazine rings is 1. The van der Waals surface area contributed by atoms with Gasteiger partial charge in [0.25, 0.3) is 0 Å². The van der Waals surface area contributed by atoms with Crippen LogP contribution in [0.2, 0.25) is 0 Å². The Morgan fingerprint density at radius 2 is 1.52 bits per heavy atom. The Labute approximate surface area is 181 Å². The van der Waals surface area contributed by atoms with Crippen molar-refractivity contribution in [3.63, 3.8) is 0 Å². The lowest BCUT2D eigenvalue weighted by molar-refractivity contribution is -0.138. The number of para-hydroxylation sites is 1. The maximum atomic E-state index is 13.6. The summed E-state index contributed by atoms with van der Waals surface area (Å²) in [6.07, 6.45) is -4.43. The van der Waals surface area contributed by atoms with Crippen molar-refractivity contribution in [3.8, 4) is 0 Å². The lowest BCUT2D eigenvalue weighted by Gasteiger charge is -2.44. The minimum atomic E-state index is -4.43. The first-order chi connectivity index (χ1) is 12.8. The van der Waals surface area contributed by atoms with Crippen molar-refractivity contribution in [1.29, 1.82) is 0 Å². The summed E-state index contributed by atoms with van der Waals surface area (Å²) in [5.74, 6) is -0.0940. The van der Waals surface area contributed by atoms with Crippen LogP contribution in [0.25, 0.3) is 0 Å². The molecule has 1 fully saturated rings. The lowest BCUT2D eigenvalue weighted by Crippen LogP contribution is -2.62. The summed E-state index contributed by atoms with van der Waals surface area (Å²) >= 11 is 0. The van der Waals surface area contributed by atoms with E-state index >= 15 is 0 Å². The number of quaternary nitrogens is 1. The number of nitrogens with zero attached hydrogens (tertiary/aromatic N) is 2. The Morgan fingerprint density at radius 1 is 0.966 bits per heavy atom. The third-order valence-electron chi connectivity index (χ3n) is 5.18. The summed E-state index contributed by atoms with van der Waals surface area (Å²) < 4.78 is 40.8. The number of halogens is 5. The summed E-state index contributed by atoms with van der Waals surface area (Å²) in [4.78, 5) is 14.2. The molecule has 0 bridgehead atoms. The van der Waals surface area contributed by atoms with Gasteiger partial charge in [-0.1, -0.05) is 42.5 Å². The molecular formula is C21H26Cl2F3N2O+. The van der Waals surface area contributed by atoms with Crippen molar-refractivity contribution in [2.45, 2.75) is 19.6 Å². The Kier molecular flexibility index (Phi) is 9.15. The predicted octanol–water partition coefficient (Wildman–Crippen LogP) is 4.96. The molecule has 160 valence electrons. The molecule has 1 saturated heterocycles. The average molecular weight is 450 g/mol.